The van der Waals surface area contributed by atoms with E-state index in [0.29, 0.717) is 23.7 Å². The Morgan fingerprint density at radius 1 is 1.37 bits per heavy atom. The van der Waals surface area contributed by atoms with Gasteiger partial charge in [0, 0.05) is 11.6 Å². The second kappa shape index (κ2) is 7.96. The van der Waals surface area contributed by atoms with Gasteiger partial charge in [0.1, 0.15) is 6.54 Å². The third-order valence-corrected chi connectivity index (χ3v) is 3.97. The van der Waals surface area contributed by atoms with E-state index in [2.05, 4.69) is 20.6 Å². The van der Waals surface area contributed by atoms with Crippen molar-refractivity contribution in [1.82, 2.24) is 25.2 Å². The Kier molecular flexibility index (Phi) is 5.46. The van der Waals surface area contributed by atoms with Crippen molar-refractivity contribution in [2.45, 2.75) is 19.9 Å². The van der Waals surface area contributed by atoms with Crippen LogP contribution < -0.4 is 5.32 Å². The molecule has 0 saturated carbocycles. The Hall–Kier alpha value is -3.27. The summed E-state index contributed by atoms with van der Waals surface area (Å²) in [6, 6.07) is 8.66. The van der Waals surface area contributed by atoms with Gasteiger partial charge in [0.2, 0.25) is 0 Å². The predicted octanol–water partition coefficient (Wildman–Crippen LogP) is 2.16. The van der Waals surface area contributed by atoms with Crippen LogP contribution >= 0.6 is 11.6 Å². The number of carbonyl (C=O) groups excluding carboxylic acids is 1. The summed E-state index contributed by atoms with van der Waals surface area (Å²) in [7, 11) is 0. The highest BCUT2D eigenvalue weighted by atomic mass is 35.5. The minimum absolute atomic E-state index is 0.0568. The molecule has 1 aromatic carbocycles. The molecule has 2 heterocycles. The number of aromatic nitrogens is 4. The van der Waals surface area contributed by atoms with E-state index in [-0.39, 0.29) is 24.1 Å². The standard InChI is InChI=1S/C16H15ClN6O4/c1-10-8-14(23(25)26)20-22(10)9-13-19-16(27-21-13)15(24)18-7-6-11-2-4-12(17)5-3-11/h2-5,8H,6-7,9H2,1H3,(H,18,24). The lowest BCUT2D eigenvalue weighted by molar-refractivity contribution is -0.389. The lowest BCUT2D eigenvalue weighted by Crippen LogP contribution is -2.26. The molecular formula is C16H15ClN6O4. The summed E-state index contributed by atoms with van der Waals surface area (Å²) in [6.07, 6.45) is 0.625. The van der Waals surface area contributed by atoms with E-state index in [0.717, 1.165) is 5.56 Å². The highest BCUT2D eigenvalue weighted by molar-refractivity contribution is 6.30. The first kappa shape index (κ1) is 18.5. The van der Waals surface area contributed by atoms with Crippen LogP contribution in [0.3, 0.4) is 0 Å². The van der Waals surface area contributed by atoms with E-state index in [1.807, 2.05) is 12.1 Å². The molecule has 140 valence electrons. The number of hydrogen-bond donors (Lipinski definition) is 1. The Morgan fingerprint density at radius 3 is 2.78 bits per heavy atom. The molecule has 3 rings (SSSR count). The zero-order chi connectivity index (χ0) is 19.4. The van der Waals surface area contributed by atoms with Crippen LogP contribution in [-0.4, -0.2) is 37.3 Å². The molecule has 11 heteroatoms. The molecule has 0 unspecified atom stereocenters. The van der Waals surface area contributed by atoms with Crippen LogP contribution in [0.25, 0.3) is 0 Å². The monoisotopic (exact) mass is 390 g/mol. The number of hydrogen-bond acceptors (Lipinski definition) is 7. The third-order valence-electron chi connectivity index (χ3n) is 3.72. The van der Waals surface area contributed by atoms with Gasteiger partial charge in [-0.1, -0.05) is 28.9 Å². The maximum absolute atomic E-state index is 12.1. The van der Waals surface area contributed by atoms with Crippen LogP contribution in [0.5, 0.6) is 0 Å². The van der Waals surface area contributed by atoms with Crippen molar-refractivity contribution in [1.29, 1.82) is 0 Å². The summed E-state index contributed by atoms with van der Waals surface area (Å²) < 4.78 is 6.31. The quantitative estimate of drug-likeness (QED) is 0.483. The normalized spacial score (nSPS) is 10.7. The molecule has 0 aliphatic carbocycles. The van der Waals surface area contributed by atoms with Gasteiger partial charge in [0.05, 0.1) is 16.9 Å². The first-order chi connectivity index (χ1) is 12.9. The molecule has 0 radical (unpaired) electrons. The Morgan fingerprint density at radius 2 is 2.11 bits per heavy atom. The number of benzene rings is 1. The summed E-state index contributed by atoms with van der Waals surface area (Å²) in [5.41, 5.74) is 1.60. The third kappa shape index (κ3) is 4.67. The van der Waals surface area contributed by atoms with Gasteiger partial charge in [-0.15, -0.1) is 0 Å². The van der Waals surface area contributed by atoms with E-state index < -0.39 is 10.8 Å². The number of nitro groups is 1. The van der Waals surface area contributed by atoms with Crippen LogP contribution in [0.1, 0.15) is 27.8 Å². The number of carbonyl (C=O) groups is 1. The van der Waals surface area contributed by atoms with Gasteiger partial charge in [-0.3, -0.25) is 4.79 Å². The van der Waals surface area contributed by atoms with E-state index in [9.17, 15) is 14.9 Å². The largest absolute Gasteiger partial charge is 0.390 e. The number of halogens is 1. The van der Waals surface area contributed by atoms with Crippen LogP contribution in [0.2, 0.25) is 5.02 Å². The smallest absolute Gasteiger partial charge is 0.358 e. The molecule has 0 spiro atoms. The molecule has 0 aliphatic heterocycles. The van der Waals surface area contributed by atoms with Crippen molar-refractivity contribution < 1.29 is 14.2 Å². The molecule has 0 saturated heterocycles. The molecule has 0 bridgehead atoms. The fourth-order valence-corrected chi connectivity index (χ4v) is 2.46. The van der Waals surface area contributed by atoms with Crippen LogP contribution in [-0.2, 0) is 13.0 Å². The number of amides is 1. The zero-order valence-corrected chi connectivity index (χ0v) is 15.0. The molecule has 0 atom stereocenters. The first-order valence-electron chi connectivity index (χ1n) is 7.96. The Bertz CT molecular complexity index is 966. The lowest BCUT2D eigenvalue weighted by atomic mass is 10.1. The van der Waals surface area contributed by atoms with Crippen LogP contribution in [0.15, 0.2) is 34.9 Å². The molecule has 10 nitrogen and oxygen atoms in total. The topological polar surface area (TPSA) is 129 Å². The fourth-order valence-electron chi connectivity index (χ4n) is 2.33. The first-order valence-corrected chi connectivity index (χ1v) is 8.34. The second-order valence-electron chi connectivity index (χ2n) is 5.71. The van der Waals surface area contributed by atoms with Gasteiger partial charge < -0.3 is 20.0 Å². The van der Waals surface area contributed by atoms with Crippen molar-refractivity contribution >= 4 is 23.3 Å². The molecule has 1 amide bonds. The fraction of sp³-hybridized carbons (Fsp3) is 0.250. The van der Waals surface area contributed by atoms with E-state index in [4.69, 9.17) is 16.1 Å². The van der Waals surface area contributed by atoms with Gasteiger partial charge in [-0.2, -0.15) is 9.67 Å². The van der Waals surface area contributed by atoms with Crippen molar-refractivity contribution in [2.24, 2.45) is 0 Å². The minimum atomic E-state index is -0.584. The SMILES string of the molecule is Cc1cc([N+](=O)[O-])nn1Cc1noc(C(=O)NCCc2ccc(Cl)cc2)n1. The van der Waals surface area contributed by atoms with Gasteiger partial charge in [-0.05, 0) is 36.0 Å². The van der Waals surface area contributed by atoms with Crippen molar-refractivity contribution in [3.63, 3.8) is 0 Å². The molecular weight excluding hydrogens is 376 g/mol. The average molecular weight is 391 g/mol. The summed E-state index contributed by atoms with van der Waals surface area (Å²) in [5.74, 6) is -0.749. The summed E-state index contributed by atoms with van der Waals surface area (Å²) >= 11 is 5.83. The van der Waals surface area contributed by atoms with Crippen molar-refractivity contribution in [3.05, 3.63) is 68.4 Å². The van der Waals surface area contributed by atoms with Crippen molar-refractivity contribution in [3.8, 4) is 0 Å². The zero-order valence-electron chi connectivity index (χ0n) is 14.3. The molecule has 0 aliphatic rings. The number of nitrogens with one attached hydrogen (secondary N) is 1. The van der Waals surface area contributed by atoms with E-state index in [1.54, 1.807) is 19.1 Å². The molecule has 0 fully saturated rings. The Labute approximate surface area is 158 Å². The van der Waals surface area contributed by atoms with Crippen LogP contribution in [0, 0.1) is 17.0 Å². The van der Waals surface area contributed by atoms with Gasteiger partial charge in [-0.25, -0.2) is 0 Å². The summed E-state index contributed by atoms with van der Waals surface area (Å²) in [6.45, 7) is 2.12. The Balaban J connectivity index is 1.55. The maximum Gasteiger partial charge on any atom is 0.390 e. The number of rotatable bonds is 7. The summed E-state index contributed by atoms with van der Waals surface area (Å²) in [5, 5.41) is 21.6. The minimum Gasteiger partial charge on any atom is -0.358 e. The lowest BCUT2D eigenvalue weighted by Gasteiger charge is -2.02. The molecule has 1 N–H and O–H groups in total. The molecule has 27 heavy (non-hydrogen) atoms. The van der Waals surface area contributed by atoms with E-state index in [1.165, 1.54) is 10.7 Å². The highest BCUT2D eigenvalue weighted by Gasteiger charge is 2.19. The molecule has 2 aromatic heterocycles. The predicted molar refractivity (Wildman–Crippen MR) is 94.5 cm³/mol. The number of aryl methyl sites for hydroxylation is 1. The van der Waals surface area contributed by atoms with E-state index >= 15 is 0 Å². The van der Waals surface area contributed by atoms with Crippen LogP contribution in [0.4, 0.5) is 5.82 Å². The van der Waals surface area contributed by atoms with Gasteiger partial charge >= 0.3 is 17.6 Å². The number of nitrogens with zero attached hydrogens (tertiary/aromatic N) is 5. The maximum atomic E-state index is 12.1. The molecule has 3 aromatic rings. The van der Waals surface area contributed by atoms with Crippen molar-refractivity contribution in [2.75, 3.05) is 6.54 Å². The average Bonchev–Trinajstić information content (AvgIpc) is 3.24. The second-order valence-corrected chi connectivity index (χ2v) is 6.14. The highest BCUT2D eigenvalue weighted by Crippen LogP contribution is 2.12. The van der Waals surface area contributed by atoms with Gasteiger partial charge in [0.15, 0.2) is 5.82 Å². The summed E-state index contributed by atoms with van der Waals surface area (Å²) in [4.78, 5) is 26.2. The van der Waals surface area contributed by atoms with Gasteiger partial charge in [0.25, 0.3) is 0 Å².